The van der Waals surface area contributed by atoms with Gasteiger partial charge in [-0.25, -0.2) is 13.2 Å². The Balaban J connectivity index is 2.61. The first-order valence-electron chi connectivity index (χ1n) is 6.20. The van der Waals surface area contributed by atoms with E-state index in [2.05, 4.69) is 0 Å². The number of aliphatic hydroxyl groups excluding tert-OH is 2. The van der Waals surface area contributed by atoms with Crippen molar-refractivity contribution in [1.29, 1.82) is 0 Å². The number of hydrogen-bond donors (Lipinski definition) is 4. The summed E-state index contributed by atoms with van der Waals surface area (Å²) >= 11 is 0. The van der Waals surface area contributed by atoms with Crippen LogP contribution in [-0.2, 0) is 14.6 Å². The number of benzene rings is 1. The summed E-state index contributed by atoms with van der Waals surface area (Å²) in [6.45, 7) is 1.74. The molecule has 2 rings (SSSR count). The molecule has 7 nitrogen and oxygen atoms in total. The second-order valence-electron chi connectivity index (χ2n) is 4.99. The number of sulfone groups is 1. The Bertz CT molecular complexity index is 787. The molecule has 1 aromatic rings. The molecule has 1 aliphatic carbocycles. The molecule has 0 radical (unpaired) electrons. The molecule has 1 aromatic carbocycles. The van der Waals surface area contributed by atoms with Crippen LogP contribution in [0.3, 0.4) is 0 Å². The number of aryl methyl sites for hydroxylation is 1. The minimum absolute atomic E-state index is 0.299. The fourth-order valence-electron chi connectivity index (χ4n) is 2.10. The molecule has 1 aliphatic rings. The third kappa shape index (κ3) is 2.36. The number of carbonyl (C=O) groups is 1. The van der Waals surface area contributed by atoms with E-state index in [-0.39, 0.29) is 4.90 Å². The molecule has 1 atom stereocenters. The summed E-state index contributed by atoms with van der Waals surface area (Å²) in [5.74, 6) is -3.70. The summed E-state index contributed by atoms with van der Waals surface area (Å²) in [5.41, 5.74) is 0.247. The fourth-order valence-corrected chi connectivity index (χ4v) is 3.69. The zero-order chi connectivity index (χ0) is 16.7. The first-order valence-corrected chi connectivity index (χ1v) is 7.68. The lowest BCUT2D eigenvalue weighted by Gasteiger charge is -2.30. The maximum absolute atomic E-state index is 12.6. The molecular formula is C14H14O7S. The Hall–Kier alpha value is -2.32. The van der Waals surface area contributed by atoms with Crippen molar-refractivity contribution in [3.05, 3.63) is 53.0 Å². The van der Waals surface area contributed by atoms with Crippen molar-refractivity contribution in [3.8, 4) is 0 Å². The molecule has 0 amide bonds. The van der Waals surface area contributed by atoms with Gasteiger partial charge in [0.05, 0.1) is 4.90 Å². The van der Waals surface area contributed by atoms with E-state index in [1.807, 2.05) is 0 Å². The number of aliphatic carboxylic acids is 1. The average molecular weight is 326 g/mol. The van der Waals surface area contributed by atoms with E-state index in [0.717, 1.165) is 5.56 Å². The van der Waals surface area contributed by atoms with Gasteiger partial charge >= 0.3 is 5.97 Å². The van der Waals surface area contributed by atoms with Crippen LogP contribution in [0.1, 0.15) is 12.0 Å². The predicted octanol–water partition coefficient (Wildman–Crippen LogP) is 1.20. The topological polar surface area (TPSA) is 132 Å². The summed E-state index contributed by atoms with van der Waals surface area (Å²) in [4.78, 5) is 7.78. The summed E-state index contributed by atoms with van der Waals surface area (Å²) < 4.78 is 25.1. The number of hydrogen-bond acceptors (Lipinski definition) is 6. The van der Waals surface area contributed by atoms with Crippen LogP contribution in [0.25, 0.3) is 0 Å². The Morgan fingerprint density at radius 2 is 1.73 bits per heavy atom. The van der Waals surface area contributed by atoms with Gasteiger partial charge in [0.2, 0.25) is 14.8 Å². The maximum Gasteiger partial charge on any atom is 0.331 e. The van der Waals surface area contributed by atoms with E-state index in [1.54, 1.807) is 6.92 Å². The lowest BCUT2D eigenvalue weighted by Crippen LogP contribution is -2.44. The molecule has 0 aliphatic heterocycles. The number of rotatable bonds is 3. The van der Waals surface area contributed by atoms with E-state index < -0.39 is 44.3 Å². The van der Waals surface area contributed by atoms with Crippen LogP contribution >= 0.6 is 0 Å². The number of carboxylic acids is 1. The first-order chi connectivity index (χ1) is 10.1. The molecule has 8 heteroatoms. The molecule has 118 valence electrons. The molecule has 0 heterocycles. The quantitative estimate of drug-likeness (QED) is 0.656. The fraction of sp³-hybridized carbons (Fsp3) is 0.214. The molecule has 22 heavy (non-hydrogen) atoms. The maximum atomic E-state index is 12.6. The van der Waals surface area contributed by atoms with Crippen molar-refractivity contribution in [2.45, 2.75) is 23.2 Å². The van der Waals surface area contributed by atoms with Gasteiger partial charge in [-0.05, 0) is 25.1 Å². The lowest BCUT2D eigenvalue weighted by molar-refractivity contribution is -0.133. The number of aliphatic hydroxyl groups is 3. The Morgan fingerprint density at radius 3 is 2.23 bits per heavy atom. The molecule has 0 saturated carbocycles. The smallest absolute Gasteiger partial charge is 0.331 e. The highest BCUT2D eigenvalue weighted by Crippen LogP contribution is 2.39. The largest absolute Gasteiger partial charge is 0.505 e. The van der Waals surface area contributed by atoms with E-state index >= 15 is 0 Å². The van der Waals surface area contributed by atoms with Crippen LogP contribution in [0.2, 0.25) is 0 Å². The van der Waals surface area contributed by atoms with E-state index in [1.165, 1.54) is 24.3 Å². The van der Waals surface area contributed by atoms with Gasteiger partial charge in [-0.2, -0.15) is 0 Å². The number of carboxylic acid groups (broad SMARTS) is 1. The van der Waals surface area contributed by atoms with Crippen molar-refractivity contribution in [2.75, 3.05) is 0 Å². The number of allylic oxidation sites excluding steroid dienone is 1. The Kier molecular flexibility index (Phi) is 3.76. The van der Waals surface area contributed by atoms with Gasteiger partial charge in [0.15, 0.2) is 11.5 Å². The second-order valence-corrected chi connectivity index (χ2v) is 7.14. The van der Waals surface area contributed by atoms with E-state index in [9.17, 15) is 28.5 Å². The van der Waals surface area contributed by atoms with Crippen LogP contribution in [-0.4, -0.2) is 39.7 Å². The van der Waals surface area contributed by atoms with Crippen molar-refractivity contribution < 1.29 is 33.6 Å². The molecule has 0 aromatic heterocycles. The summed E-state index contributed by atoms with van der Waals surface area (Å²) in [6, 6.07) is 5.44. The predicted molar refractivity (Wildman–Crippen MR) is 75.9 cm³/mol. The highest BCUT2D eigenvalue weighted by atomic mass is 32.2. The SMILES string of the molecule is Cc1ccc(S(=O)(=O)C2(O)CC(C(=O)O)=CC(O)=C2O)cc1. The molecule has 0 bridgehead atoms. The van der Waals surface area contributed by atoms with Gasteiger partial charge in [-0.1, -0.05) is 17.7 Å². The van der Waals surface area contributed by atoms with Crippen molar-refractivity contribution >= 4 is 15.8 Å². The summed E-state index contributed by atoms with van der Waals surface area (Å²) in [5, 5.41) is 38.7. The molecule has 1 unspecified atom stereocenters. The molecule has 0 saturated heterocycles. The molecule has 0 spiro atoms. The zero-order valence-electron chi connectivity index (χ0n) is 11.5. The van der Waals surface area contributed by atoms with Crippen LogP contribution in [0, 0.1) is 6.92 Å². The summed E-state index contributed by atoms with van der Waals surface area (Å²) in [7, 11) is -4.54. The molecular weight excluding hydrogens is 312 g/mol. The van der Waals surface area contributed by atoms with Crippen LogP contribution in [0.5, 0.6) is 0 Å². The van der Waals surface area contributed by atoms with Gasteiger partial charge in [-0.3, -0.25) is 0 Å². The van der Waals surface area contributed by atoms with Gasteiger partial charge < -0.3 is 20.4 Å². The standard InChI is InChI=1S/C14H14O7S/c1-8-2-4-10(5-3-8)22(20,21)14(19)7-9(13(17)18)6-11(15)12(14)16/h2-6,15-16,19H,7H2,1H3,(H,17,18). The lowest BCUT2D eigenvalue weighted by atomic mass is 9.99. The van der Waals surface area contributed by atoms with Crippen molar-refractivity contribution in [1.82, 2.24) is 0 Å². The average Bonchev–Trinajstić information content (AvgIpc) is 2.44. The molecule has 0 fully saturated rings. The van der Waals surface area contributed by atoms with E-state index in [0.29, 0.717) is 6.08 Å². The Morgan fingerprint density at radius 1 is 1.18 bits per heavy atom. The summed E-state index contributed by atoms with van der Waals surface area (Å²) in [6.07, 6.45) is -0.175. The van der Waals surface area contributed by atoms with Crippen LogP contribution < -0.4 is 0 Å². The van der Waals surface area contributed by atoms with Gasteiger partial charge in [-0.15, -0.1) is 0 Å². The van der Waals surface area contributed by atoms with Crippen LogP contribution in [0.15, 0.2) is 52.3 Å². The van der Waals surface area contributed by atoms with Crippen LogP contribution in [0.4, 0.5) is 0 Å². The zero-order valence-corrected chi connectivity index (χ0v) is 12.3. The van der Waals surface area contributed by atoms with Crippen molar-refractivity contribution in [2.24, 2.45) is 0 Å². The first kappa shape index (κ1) is 16.1. The minimum Gasteiger partial charge on any atom is -0.505 e. The molecule has 4 N–H and O–H groups in total. The monoisotopic (exact) mass is 326 g/mol. The van der Waals surface area contributed by atoms with Gasteiger partial charge in [0, 0.05) is 12.0 Å². The van der Waals surface area contributed by atoms with Gasteiger partial charge in [0.25, 0.3) is 0 Å². The third-order valence-electron chi connectivity index (χ3n) is 3.40. The van der Waals surface area contributed by atoms with Crippen molar-refractivity contribution in [3.63, 3.8) is 0 Å². The second kappa shape index (κ2) is 5.15. The van der Waals surface area contributed by atoms with Gasteiger partial charge in [0.1, 0.15) is 0 Å². The third-order valence-corrected chi connectivity index (χ3v) is 5.52. The highest BCUT2D eigenvalue weighted by molar-refractivity contribution is 7.92. The minimum atomic E-state index is -4.54. The normalized spacial score (nSPS) is 22.4. The van der Waals surface area contributed by atoms with E-state index in [4.69, 9.17) is 5.11 Å². The Labute approximate surface area is 126 Å². The highest BCUT2D eigenvalue weighted by Gasteiger charge is 2.51.